The molecule has 21 atom stereocenters. The van der Waals surface area contributed by atoms with Gasteiger partial charge in [-0.1, -0.05) is 176 Å². The molecule has 11 fully saturated rings. The highest BCUT2D eigenvalue weighted by Crippen LogP contribution is 2.61. The molecule has 7 unspecified atom stereocenters. The molecule has 11 saturated carbocycles. The molecule has 14 heteroatoms. The molecule has 14 nitrogen and oxygen atoms in total. The lowest BCUT2D eigenvalue weighted by Gasteiger charge is -2.43. The zero-order chi connectivity index (χ0) is 72.3. The molecule has 0 radical (unpaired) electrons. The van der Waals surface area contributed by atoms with Gasteiger partial charge in [0.2, 0.25) is 0 Å². The van der Waals surface area contributed by atoms with Gasteiger partial charge in [-0.15, -0.1) is 6.58 Å². The molecule has 12 aliphatic rings. The van der Waals surface area contributed by atoms with Gasteiger partial charge < -0.3 is 38.6 Å². The molecule has 2 N–H and O–H groups in total. The third kappa shape index (κ3) is 24.1. The van der Waals surface area contributed by atoms with Crippen molar-refractivity contribution in [1.82, 2.24) is 0 Å². The van der Waals surface area contributed by atoms with Crippen LogP contribution in [0.1, 0.15) is 372 Å². The van der Waals surface area contributed by atoms with Crippen LogP contribution in [-0.4, -0.2) is 94.9 Å². The highest BCUT2D eigenvalue weighted by Gasteiger charge is 2.56. The van der Waals surface area contributed by atoms with Crippen LogP contribution in [-0.2, 0) is 57.2 Å². The van der Waals surface area contributed by atoms with Crippen LogP contribution >= 0.6 is 0 Å². The Balaban J connectivity index is -0.000000590. The zero-order valence-corrected chi connectivity index (χ0v) is 63.9. The Labute approximate surface area is 665 Å². The van der Waals surface area contributed by atoms with Gasteiger partial charge in [0.05, 0.1) is 12.2 Å². The van der Waals surface area contributed by atoms with E-state index >= 15 is 0 Å². The number of aliphatic hydroxyl groups is 2. The summed E-state index contributed by atoms with van der Waals surface area (Å²) in [6.07, 6.45) is 44.0. The van der Waals surface area contributed by atoms with Crippen LogP contribution in [0.5, 0.6) is 0 Å². The van der Waals surface area contributed by atoms with Gasteiger partial charge in [-0.3, -0.25) is 28.8 Å². The number of carbonyl (C=O) groups excluding carboxylic acids is 6. The smallest absolute Gasteiger partial charge is 0.302 e. The average Bonchev–Trinajstić information content (AvgIpc) is 1.61. The summed E-state index contributed by atoms with van der Waals surface area (Å²) in [5.41, 5.74) is 8.27. The standard InChI is InChI=1S/2C14H22O3.4C14H22O2.10CH4/c2*1-4-10-12(16)8-11-13(17-9(2)15)6-5-7-14(10,11)3;4*1-4-11-7-8-12-13(16-10(2)15)6-5-9-14(11,12)3;;;;;;;;;;/h2*4,11-13,16H,5-8H2,1-3H3;7,12-13H,4-6,8-9H2,1-3H3;2*4,12-13H,5-9H2,1-3H3;4,11-13H,1,5-9H2,2-3H3;10*1H4/b2*10-4+;;11-4+;11-4-;;;;;;;;;;;/t11?,12-,13+,14-;11?,12-,13-,14+;3*12?,13-,14+;11?,12?,13-,14+;;;;;;;;;;/m100000........../s1. The van der Waals surface area contributed by atoms with Crippen LogP contribution in [0.4, 0.5) is 0 Å². The zero-order valence-electron chi connectivity index (χ0n) is 63.9. The molecule has 0 heterocycles. The summed E-state index contributed by atoms with van der Waals surface area (Å²) in [5.74, 6) is 2.44. The van der Waals surface area contributed by atoms with Crippen LogP contribution in [0.3, 0.4) is 0 Å². The van der Waals surface area contributed by atoms with Crippen LogP contribution < -0.4 is 0 Å². The topological polar surface area (TPSA) is 198 Å². The van der Waals surface area contributed by atoms with Gasteiger partial charge in [0.1, 0.15) is 36.6 Å². The predicted molar refractivity (Wildman–Crippen MR) is 454 cm³/mol. The Kier molecular flexibility index (Phi) is 47.7. The number of fused-ring (bicyclic) bond motifs is 6. The predicted octanol–water partition coefficient (Wildman–Crippen LogP) is 24.9. The van der Waals surface area contributed by atoms with E-state index in [-0.39, 0.29) is 182 Å². The normalized spacial score (nSPS) is 37.7. The molecule has 12 aliphatic carbocycles. The SMILES string of the molecule is C.C.C.C.C.C.C.C.C.C.C/C=C1/CCC2[C@@H](OC(C)=O)CCC[C@]12C.C/C=C1\CCC2[C@@H](OC(C)=O)CCC[C@]12C.C/C=C1\[C@@H](O)CC2[C@@H](OC(C)=O)CCC[C@]12C.C/C=C1\[C@H](O)CC2[C@@H](OC(C)=O)CCC[C@]12C.C=CC1CCC2[C@@H](OC(C)=O)CCC[C@]12C.CCC1=CCC2[C@@H](OC(C)=O)CCC[C@]12C. The fourth-order valence-electron chi connectivity index (χ4n) is 22.9. The second-order valence-corrected chi connectivity index (χ2v) is 32.9. The van der Waals surface area contributed by atoms with E-state index in [1.807, 2.05) is 26.0 Å². The largest absolute Gasteiger partial charge is 0.462 e. The van der Waals surface area contributed by atoms with Gasteiger partial charge in [-0.2, -0.15) is 0 Å². The third-order valence-electron chi connectivity index (χ3n) is 27.5. The molecule has 0 aromatic heterocycles. The monoisotopic (exact) mass is 1530 g/mol. The molecule has 0 bridgehead atoms. The Morgan fingerprint density at radius 2 is 0.676 bits per heavy atom. The lowest BCUT2D eigenvalue weighted by molar-refractivity contribution is -0.155. The summed E-state index contributed by atoms with van der Waals surface area (Å²) in [5, 5.41) is 20.3. The van der Waals surface area contributed by atoms with Crippen LogP contribution in [0.2, 0.25) is 0 Å². The van der Waals surface area contributed by atoms with Gasteiger partial charge in [0.25, 0.3) is 0 Å². The average molecular weight is 1530 g/mol. The fraction of sp³-hybridized carbons (Fsp3) is 0.809. The molecule has 108 heavy (non-hydrogen) atoms. The lowest BCUT2D eigenvalue weighted by atomic mass is 9.64. The van der Waals surface area contributed by atoms with Crippen molar-refractivity contribution in [2.75, 3.05) is 0 Å². The van der Waals surface area contributed by atoms with Crippen LogP contribution in [0, 0.1) is 73.9 Å². The summed E-state index contributed by atoms with van der Waals surface area (Å²) < 4.78 is 32.8. The van der Waals surface area contributed by atoms with Crippen LogP contribution in [0.25, 0.3) is 0 Å². The molecule has 12 rings (SSSR count). The number of hydrogen-bond acceptors (Lipinski definition) is 14. The molecule has 0 aromatic carbocycles. The number of esters is 6. The first-order valence-corrected chi connectivity index (χ1v) is 38.6. The van der Waals surface area contributed by atoms with E-state index < -0.39 is 0 Å². The summed E-state index contributed by atoms with van der Waals surface area (Å²) in [4.78, 5) is 66.7. The van der Waals surface area contributed by atoms with Crippen molar-refractivity contribution in [3.05, 3.63) is 70.9 Å². The molecule has 0 aromatic rings. The van der Waals surface area contributed by atoms with E-state index in [4.69, 9.17) is 28.4 Å². The second kappa shape index (κ2) is 47.0. The first-order valence-electron chi connectivity index (χ1n) is 38.6. The van der Waals surface area contributed by atoms with Crippen molar-refractivity contribution < 1.29 is 67.4 Å². The maximum Gasteiger partial charge on any atom is 0.302 e. The van der Waals surface area contributed by atoms with E-state index in [0.717, 1.165) is 101 Å². The minimum absolute atomic E-state index is 0. The Morgan fingerprint density at radius 1 is 0.389 bits per heavy atom. The Hall–Kier alpha value is -4.82. The fourth-order valence-corrected chi connectivity index (χ4v) is 22.9. The van der Waals surface area contributed by atoms with E-state index in [1.54, 1.807) is 16.7 Å². The second-order valence-electron chi connectivity index (χ2n) is 32.9. The first-order chi connectivity index (χ1) is 46.3. The van der Waals surface area contributed by atoms with Crippen molar-refractivity contribution >= 4 is 35.8 Å². The molecular formula is C94H172O14. The lowest BCUT2D eigenvalue weighted by Crippen LogP contribution is -2.41. The highest BCUT2D eigenvalue weighted by atomic mass is 16.6. The maximum absolute atomic E-state index is 11.1. The molecular weight excluding hydrogens is 1350 g/mol. The minimum atomic E-state index is -0.355. The van der Waals surface area contributed by atoms with Crippen molar-refractivity contribution in [1.29, 1.82) is 0 Å². The number of aliphatic hydroxyl groups excluding tert-OH is 2. The van der Waals surface area contributed by atoms with Gasteiger partial charge in [0.15, 0.2) is 0 Å². The Morgan fingerprint density at radius 3 is 0.972 bits per heavy atom. The summed E-state index contributed by atoms with van der Waals surface area (Å²) >= 11 is 0. The van der Waals surface area contributed by atoms with Crippen LogP contribution in [0.15, 0.2) is 70.9 Å². The molecule has 0 saturated heterocycles. The highest BCUT2D eigenvalue weighted by molar-refractivity contribution is 5.68. The summed E-state index contributed by atoms with van der Waals surface area (Å²) in [6, 6.07) is 0. The van der Waals surface area contributed by atoms with Gasteiger partial charge >= 0.3 is 35.8 Å². The van der Waals surface area contributed by atoms with E-state index in [2.05, 4.69) is 93.2 Å². The first kappa shape index (κ1) is 110. The van der Waals surface area contributed by atoms with Crippen molar-refractivity contribution in [2.45, 2.75) is 421 Å². The van der Waals surface area contributed by atoms with Crippen molar-refractivity contribution in [2.24, 2.45) is 73.9 Å². The van der Waals surface area contributed by atoms with Crippen molar-refractivity contribution in [3.8, 4) is 0 Å². The van der Waals surface area contributed by atoms with E-state index in [0.29, 0.717) is 51.2 Å². The number of carbonyl (C=O) groups is 6. The van der Waals surface area contributed by atoms with Gasteiger partial charge in [-0.25, -0.2) is 0 Å². The van der Waals surface area contributed by atoms with Gasteiger partial charge in [-0.05, 0) is 257 Å². The summed E-state index contributed by atoms with van der Waals surface area (Å²) in [7, 11) is 0. The molecule has 0 aliphatic heterocycles. The minimum Gasteiger partial charge on any atom is -0.462 e. The number of allylic oxidation sites excluding steroid dienone is 9. The number of ether oxygens (including phenoxy) is 6. The molecule has 632 valence electrons. The van der Waals surface area contributed by atoms with E-state index in [1.165, 1.54) is 131 Å². The third-order valence-corrected chi connectivity index (χ3v) is 27.5. The summed E-state index contributed by atoms with van der Waals surface area (Å²) in [6.45, 7) is 37.3. The number of rotatable bonds is 8. The van der Waals surface area contributed by atoms with Crippen molar-refractivity contribution in [3.63, 3.8) is 0 Å². The quantitative estimate of drug-likeness (QED) is 0.132. The number of hydrogen-bond donors (Lipinski definition) is 2. The molecule has 0 spiro atoms. The van der Waals surface area contributed by atoms with Gasteiger partial charge in [0, 0.05) is 77.0 Å². The van der Waals surface area contributed by atoms with E-state index in [9.17, 15) is 39.0 Å². The molecule has 0 amide bonds. The maximum atomic E-state index is 11.1. The Bertz CT molecular complexity index is 2820.